The van der Waals surface area contributed by atoms with Gasteiger partial charge in [0.05, 0.1) is 6.07 Å². The predicted octanol–water partition coefficient (Wildman–Crippen LogP) is 1.83. The Morgan fingerprint density at radius 3 is 2.88 bits per heavy atom. The van der Waals surface area contributed by atoms with Crippen LogP contribution in [0.25, 0.3) is 0 Å². The van der Waals surface area contributed by atoms with E-state index in [0.717, 1.165) is 18.7 Å². The molecule has 0 unspecified atom stereocenters. The van der Waals surface area contributed by atoms with Gasteiger partial charge in [-0.3, -0.25) is 4.90 Å². The van der Waals surface area contributed by atoms with E-state index in [2.05, 4.69) is 16.0 Å². The normalized spacial score (nSPS) is 14.3. The molecule has 0 spiro atoms. The minimum Gasteiger partial charge on any atom is -0.295 e. The third-order valence-corrected chi connectivity index (χ3v) is 2.90. The van der Waals surface area contributed by atoms with Crippen molar-refractivity contribution in [2.75, 3.05) is 6.54 Å². The Morgan fingerprint density at radius 2 is 2.24 bits per heavy atom. The Bertz CT molecular complexity index is 465. The fraction of sp³-hybridized carbons (Fsp3) is 0.462. The molecule has 1 aliphatic carbocycles. The van der Waals surface area contributed by atoms with Crippen molar-refractivity contribution in [1.82, 2.24) is 9.88 Å². The van der Waals surface area contributed by atoms with Crippen molar-refractivity contribution in [2.45, 2.75) is 31.8 Å². The van der Waals surface area contributed by atoms with Crippen molar-refractivity contribution >= 4 is 0 Å². The summed E-state index contributed by atoms with van der Waals surface area (Å²) in [6.45, 7) is 1.62. The van der Waals surface area contributed by atoms with Gasteiger partial charge in [-0.05, 0) is 30.5 Å². The molecule has 4 heteroatoms. The number of aromatic nitrogens is 1. The van der Waals surface area contributed by atoms with Crippen LogP contribution in [0, 0.1) is 22.7 Å². The standard InChI is InChI=1S/C13H14N4/c14-5-1-7-17(13-2-3-13)10-11-4-6-16-12(8-11)9-15/h4,6,8,13H,1-3,7,10H2. The highest BCUT2D eigenvalue weighted by Crippen LogP contribution is 2.28. The number of hydrogen-bond donors (Lipinski definition) is 0. The Hall–Kier alpha value is -1.91. The van der Waals surface area contributed by atoms with E-state index >= 15 is 0 Å². The molecule has 1 saturated carbocycles. The maximum atomic E-state index is 8.79. The highest BCUT2D eigenvalue weighted by molar-refractivity contribution is 5.25. The smallest absolute Gasteiger partial charge is 0.140 e. The van der Waals surface area contributed by atoms with Crippen molar-refractivity contribution in [3.63, 3.8) is 0 Å². The van der Waals surface area contributed by atoms with Gasteiger partial charge in [-0.1, -0.05) is 0 Å². The molecule has 1 heterocycles. The van der Waals surface area contributed by atoms with Crippen LogP contribution in [0.15, 0.2) is 18.3 Å². The zero-order valence-electron chi connectivity index (χ0n) is 9.63. The summed E-state index contributed by atoms with van der Waals surface area (Å²) < 4.78 is 0. The number of nitrogens with zero attached hydrogens (tertiary/aromatic N) is 4. The molecule has 1 fully saturated rings. The molecule has 0 bridgehead atoms. The van der Waals surface area contributed by atoms with Crippen molar-refractivity contribution < 1.29 is 0 Å². The molecular weight excluding hydrogens is 212 g/mol. The van der Waals surface area contributed by atoms with E-state index < -0.39 is 0 Å². The second kappa shape index (κ2) is 5.43. The number of rotatable bonds is 5. The first-order chi connectivity index (χ1) is 8.33. The van der Waals surface area contributed by atoms with Crippen LogP contribution in [0.5, 0.6) is 0 Å². The Balaban J connectivity index is 2.01. The highest BCUT2D eigenvalue weighted by atomic mass is 15.2. The molecule has 0 atom stereocenters. The predicted molar refractivity (Wildman–Crippen MR) is 62.6 cm³/mol. The second-order valence-electron chi connectivity index (χ2n) is 4.27. The van der Waals surface area contributed by atoms with Gasteiger partial charge < -0.3 is 0 Å². The van der Waals surface area contributed by atoms with Gasteiger partial charge in [-0.2, -0.15) is 10.5 Å². The Morgan fingerprint density at radius 1 is 1.41 bits per heavy atom. The average Bonchev–Trinajstić information content (AvgIpc) is 3.19. The summed E-state index contributed by atoms with van der Waals surface area (Å²) in [5, 5.41) is 17.4. The van der Waals surface area contributed by atoms with Crippen LogP contribution >= 0.6 is 0 Å². The zero-order chi connectivity index (χ0) is 12.1. The maximum absolute atomic E-state index is 8.79. The minimum atomic E-state index is 0.457. The van der Waals surface area contributed by atoms with Gasteiger partial charge in [-0.15, -0.1) is 0 Å². The van der Waals surface area contributed by atoms with E-state index in [1.165, 1.54) is 12.8 Å². The van der Waals surface area contributed by atoms with Crippen molar-refractivity contribution in [3.8, 4) is 12.1 Å². The van der Waals surface area contributed by atoms with Gasteiger partial charge in [0.15, 0.2) is 0 Å². The average molecular weight is 226 g/mol. The summed E-state index contributed by atoms with van der Waals surface area (Å²) in [4.78, 5) is 6.27. The highest BCUT2D eigenvalue weighted by Gasteiger charge is 2.28. The van der Waals surface area contributed by atoms with Crippen LogP contribution in [0.4, 0.5) is 0 Å². The summed E-state index contributed by atoms with van der Waals surface area (Å²) in [7, 11) is 0. The molecule has 1 aromatic rings. The lowest BCUT2D eigenvalue weighted by Gasteiger charge is -2.20. The molecule has 0 aromatic carbocycles. The monoisotopic (exact) mass is 226 g/mol. The van der Waals surface area contributed by atoms with Crippen LogP contribution < -0.4 is 0 Å². The molecule has 0 radical (unpaired) electrons. The summed E-state index contributed by atoms with van der Waals surface area (Å²) in [5.74, 6) is 0. The van der Waals surface area contributed by atoms with Gasteiger partial charge in [0.1, 0.15) is 11.8 Å². The number of hydrogen-bond acceptors (Lipinski definition) is 4. The van der Waals surface area contributed by atoms with Crippen molar-refractivity contribution in [2.24, 2.45) is 0 Å². The van der Waals surface area contributed by atoms with Gasteiger partial charge in [0.25, 0.3) is 0 Å². The van der Waals surface area contributed by atoms with Crippen LogP contribution in [0.1, 0.15) is 30.5 Å². The topological polar surface area (TPSA) is 63.7 Å². The van der Waals surface area contributed by atoms with Gasteiger partial charge in [0.2, 0.25) is 0 Å². The first kappa shape index (κ1) is 11.6. The first-order valence-corrected chi connectivity index (χ1v) is 5.79. The van der Waals surface area contributed by atoms with Crippen molar-refractivity contribution in [3.05, 3.63) is 29.6 Å². The molecule has 86 valence electrons. The van der Waals surface area contributed by atoms with Gasteiger partial charge >= 0.3 is 0 Å². The fourth-order valence-corrected chi connectivity index (χ4v) is 1.89. The van der Waals surface area contributed by atoms with Crippen LogP contribution in [-0.2, 0) is 6.54 Å². The molecule has 17 heavy (non-hydrogen) atoms. The third-order valence-electron chi connectivity index (χ3n) is 2.90. The Kier molecular flexibility index (Phi) is 3.69. The summed E-state index contributed by atoms with van der Waals surface area (Å²) in [5.41, 5.74) is 1.56. The van der Waals surface area contributed by atoms with Crippen molar-refractivity contribution in [1.29, 1.82) is 10.5 Å². The van der Waals surface area contributed by atoms with E-state index in [0.29, 0.717) is 18.2 Å². The lowest BCUT2D eigenvalue weighted by molar-refractivity contribution is 0.261. The second-order valence-corrected chi connectivity index (χ2v) is 4.27. The Labute approximate surface area is 101 Å². The molecule has 0 amide bonds. The number of nitriles is 2. The van der Waals surface area contributed by atoms with E-state index in [1.54, 1.807) is 6.20 Å². The molecule has 1 aliphatic rings. The molecule has 0 N–H and O–H groups in total. The lowest BCUT2D eigenvalue weighted by atomic mass is 10.2. The summed E-state index contributed by atoms with van der Waals surface area (Å²) in [6, 6.07) is 8.61. The SMILES string of the molecule is N#CCCN(Cc1ccnc(C#N)c1)C1CC1. The van der Waals surface area contributed by atoms with E-state index in [-0.39, 0.29) is 0 Å². The van der Waals surface area contributed by atoms with Gasteiger partial charge in [-0.25, -0.2) is 4.98 Å². The maximum Gasteiger partial charge on any atom is 0.140 e. The molecule has 2 rings (SSSR count). The summed E-state index contributed by atoms with van der Waals surface area (Å²) in [6.07, 6.45) is 4.68. The van der Waals surface area contributed by atoms with Gasteiger partial charge in [0, 0.05) is 31.7 Å². The number of pyridine rings is 1. The van der Waals surface area contributed by atoms with Crippen LogP contribution in [-0.4, -0.2) is 22.5 Å². The van der Waals surface area contributed by atoms with Crippen LogP contribution in [0.2, 0.25) is 0 Å². The van der Waals surface area contributed by atoms with E-state index in [1.807, 2.05) is 18.2 Å². The third kappa shape index (κ3) is 3.27. The molecule has 4 nitrogen and oxygen atoms in total. The molecular formula is C13H14N4. The summed E-state index contributed by atoms with van der Waals surface area (Å²) >= 11 is 0. The first-order valence-electron chi connectivity index (χ1n) is 5.79. The quantitative estimate of drug-likeness (QED) is 0.768. The minimum absolute atomic E-state index is 0.457. The molecule has 0 aliphatic heterocycles. The molecule has 1 aromatic heterocycles. The molecule has 0 saturated heterocycles. The lowest BCUT2D eigenvalue weighted by Crippen LogP contribution is -2.26. The fourth-order valence-electron chi connectivity index (χ4n) is 1.89. The van der Waals surface area contributed by atoms with E-state index in [4.69, 9.17) is 10.5 Å². The zero-order valence-corrected chi connectivity index (χ0v) is 9.63. The largest absolute Gasteiger partial charge is 0.295 e. The van der Waals surface area contributed by atoms with Crippen LogP contribution in [0.3, 0.4) is 0 Å². The van der Waals surface area contributed by atoms with E-state index in [9.17, 15) is 0 Å².